The highest BCUT2D eigenvalue weighted by atomic mass is 79.9. The van der Waals surface area contributed by atoms with Gasteiger partial charge in [0.25, 0.3) is 0 Å². The number of aromatic hydroxyl groups is 1. The van der Waals surface area contributed by atoms with Gasteiger partial charge >= 0.3 is 5.97 Å². The predicted molar refractivity (Wildman–Crippen MR) is 141 cm³/mol. The maximum atomic E-state index is 12.9. The number of rotatable bonds is 5. The minimum atomic E-state index is -0.309. The first kappa shape index (κ1) is 23.6. The molecule has 36 heavy (non-hydrogen) atoms. The summed E-state index contributed by atoms with van der Waals surface area (Å²) in [6.07, 6.45) is 6.23. The Morgan fingerprint density at radius 2 is 1.81 bits per heavy atom. The van der Waals surface area contributed by atoms with Crippen molar-refractivity contribution in [2.24, 2.45) is 5.92 Å². The normalized spacial score (nSPS) is 24.9. The second kappa shape index (κ2) is 9.56. The lowest BCUT2D eigenvalue weighted by Gasteiger charge is -2.58. The van der Waals surface area contributed by atoms with Crippen LogP contribution in [0.4, 0.5) is 0 Å². The van der Waals surface area contributed by atoms with Gasteiger partial charge in [0.2, 0.25) is 0 Å². The number of hydrogen-bond acceptors (Lipinski definition) is 5. The first-order chi connectivity index (χ1) is 17.6. The van der Waals surface area contributed by atoms with Gasteiger partial charge in [0, 0.05) is 12.0 Å². The van der Waals surface area contributed by atoms with Crippen molar-refractivity contribution in [3.63, 3.8) is 0 Å². The molecule has 2 bridgehead atoms. The van der Waals surface area contributed by atoms with Crippen LogP contribution < -0.4 is 4.74 Å². The van der Waals surface area contributed by atoms with Gasteiger partial charge in [-0.15, -0.1) is 5.06 Å². The van der Waals surface area contributed by atoms with E-state index in [1.807, 2.05) is 53.6 Å². The molecule has 1 saturated heterocycles. The number of hydrogen-bond donors (Lipinski definition) is 1. The first-order valence-electron chi connectivity index (χ1n) is 12.8. The molecule has 3 aromatic carbocycles. The Kier molecular flexibility index (Phi) is 6.26. The van der Waals surface area contributed by atoms with Gasteiger partial charge in [-0.1, -0.05) is 61.4 Å². The smallest absolute Gasteiger partial charge is 0.357 e. The molecule has 186 valence electrons. The van der Waals surface area contributed by atoms with E-state index in [4.69, 9.17) is 9.57 Å². The van der Waals surface area contributed by atoms with Crippen molar-refractivity contribution in [3.8, 4) is 11.5 Å². The lowest BCUT2D eigenvalue weighted by Crippen LogP contribution is -2.61. The van der Waals surface area contributed by atoms with Crippen LogP contribution in [0.25, 0.3) is 0 Å². The number of nitrogens with zero attached hydrogens (tertiary/aromatic N) is 1. The molecule has 2 fully saturated rings. The number of halogens is 1. The zero-order valence-corrected chi connectivity index (χ0v) is 21.7. The molecular formula is C30H30BrNO4. The number of phenols is 1. The number of ether oxygens (including phenoxy) is 1. The van der Waals surface area contributed by atoms with Gasteiger partial charge < -0.3 is 14.7 Å². The minimum Gasteiger partial charge on any atom is -0.503 e. The fourth-order valence-corrected chi connectivity index (χ4v) is 7.30. The third-order valence-electron chi connectivity index (χ3n) is 8.41. The molecule has 0 radical (unpaired) electrons. The van der Waals surface area contributed by atoms with E-state index in [9.17, 15) is 9.90 Å². The molecule has 1 heterocycles. The average Bonchev–Trinajstić information content (AvgIpc) is 2.92. The molecule has 2 aliphatic carbocycles. The van der Waals surface area contributed by atoms with Gasteiger partial charge in [-0.3, -0.25) is 0 Å². The molecule has 1 saturated carbocycles. The zero-order chi connectivity index (χ0) is 24.7. The Morgan fingerprint density at radius 3 is 2.58 bits per heavy atom. The summed E-state index contributed by atoms with van der Waals surface area (Å²) in [5.74, 6) is 0.756. The molecule has 0 spiro atoms. The van der Waals surface area contributed by atoms with Crippen molar-refractivity contribution in [1.82, 2.24) is 5.06 Å². The van der Waals surface area contributed by atoms with E-state index in [0.29, 0.717) is 34.9 Å². The van der Waals surface area contributed by atoms with Crippen molar-refractivity contribution in [3.05, 3.63) is 93.5 Å². The summed E-state index contributed by atoms with van der Waals surface area (Å²) in [7, 11) is 0. The third kappa shape index (κ3) is 4.00. The van der Waals surface area contributed by atoms with Crippen LogP contribution in [0.1, 0.15) is 59.2 Å². The number of piperidine rings is 1. The SMILES string of the molecule is O=C(ON1CC[C@@]23CCCCC2[C@@H]1Cc1c3cc(OCc2ccccc2)c(O)c1Br)c1ccccc1. The molecule has 0 amide bonds. The molecular weight excluding hydrogens is 518 g/mol. The van der Waals surface area contributed by atoms with Crippen LogP contribution in [-0.2, 0) is 23.3 Å². The van der Waals surface area contributed by atoms with E-state index >= 15 is 0 Å². The summed E-state index contributed by atoms with van der Waals surface area (Å²) in [5.41, 5.74) is 4.04. The topological polar surface area (TPSA) is 59.0 Å². The Labute approximate surface area is 220 Å². The van der Waals surface area contributed by atoms with Gasteiger partial charge in [0.15, 0.2) is 11.5 Å². The summed E-state index contributed by atoms with van der Waals surface area (Å²) < 4.78 is 6.85. The lowest BCUT2D eigenvalue weighted by molar-refractivity contribution is -0.190. The van der Waals surface area contributed by atoms with Crippen LogP contribution in [0.15, 0.2) is 71.2 Å². The molecule has 6 rings (SSSR count). The standard InChI is InChI=1S/C30H30BrNO4/c31-27-22-17-25-23-13-7-8-14-30(23,15-16-32(25)36-29(34)21-11-5-2-6-12-21)24(22)18-26(28(27)33)35-19-20-9-3-1-4-10-20/h1-6,9-12,18,23,25,33H,7-8,13-17,19H2/t23?,25-,30-/m0/s1. The lowest BCUT2D eigenvalue weighted by atomic mass is 9.52. The van der Waals surface area contributed by atoms with E-state index < -0.39 is 0 Å². The molecule has 3 aliphatic rings. The van der Waals surface area contributed by atoms with Crippen LogP contribution in [0.5, 0.6) is 11.5 Å². The second-order valence-electron chi connectivity index (χ2n) is 10.3. The van der Waals surface area contributed by atoms with E-state index in [-0.39, 0.29) is 23.2 Å². The molecule has 1 aliphatic heterocycles. The molecule has 1 N–H and O–H groups in total. The minimum absolute atomic E-state index is 0.00717. The van der Waals surface area contributed by atoms with Crippen molar-refractivity contribution in [1.29, 1.82) is 0 Å². The van der Waals surface area contributed by atoms with Crippen molar-refractivity contribution < 1.29 is 19.5 Å². The predicted octanol–water partition coefficient (Wildman–Crippen LogP) is 6.56. The van der Waals surface area contributed by atoms with Gasteiger partial charge in [0.1, 0.15) is 6.61 Å². The van der Waals surface area contributed by atoms with Crippen molar-refractivity contribution in [2.75, 3.05) is 6.54 Å². The molecule has 3 atom stereocenters. The Bertz CT molecular complexity index is 1260. The van der Waals surface area contributed by atoms with Crippen LogP contribution in [0.3, 0.4) is 0 Å². The van der Waals surface area contributed by atoms with E-state index in [2.05, 4.69) is 22.0 Å². The third-order valence-corrected chi connectivity index (χ3v) is 9.27. The zero-order valence-electron chi connectivity index (χ0n) is 20.2. The summed E-state index contributed by atoms with van der Waals surface area (Å²) in [5, 5.41) is 13.0. The van der Waals surface area contributed by atoms with Crippen LogP contribution in [0.2, 0.25) is 0 Å². The highest BCUT2D eigenvalue weighted by molar-refractivity contribution is 9.10. The Hall–Kier alpha value is -2.83. The molecule has 0 aromatic heterocycles. The number of carbonyl (C=O) groups excluding carboxylic acids is 1. The van der Waals surface area contributed by atoms with Crippen LogP contribution in [-0.4, -0.2) is 28.7 Å². The monoisotopic (exact) mass is 547 g/mol. The Morgan fingerprint density at radius 1 is 1.06 bits per heavy atom. The second-order valence-corrected chi connectivity index (χ2v) is 11.0. The van der Waals surface area contributed by atoms with Gasteiger partial charge in [-0.2, -0.15) is 0 Å². The Balaban J connectivity index is 1.33. The highest BCUT2D eigenvalue weighted by Crippen LogP contribution is 2.58. The number of phenolic OH excluding ortho intramolecular Hbond substituents is 1. The number of fused-ring (bicyclic) bond motifs is 1. The molecule has 3 aromatic rings. The van der Waals surface area contributed by atoms with Crippen molar-refractivity contribution >= 4 is 21.9 Å². The molecule has 6 heteroatoms. The van der Waals surface area contributed by atoms with E-state index in [1.165, 1.54) is 18.4 Å². The van der Waals surface area contributed by atoms with Crippen LogP contribution in [0, 0.1) is 5.92 Å². The largest absolute Gasteiger partial charge is 0.503 e. The number of hydroxylamine groups is 2. The van der Waals surface area contributed by atoms with Gasteiger partial charge in [-0.25, -0.2) is 4.79 Å². The summed E-state index contributed by atoms with van der Waals surface area (Å²) in [6, 6.07) is 21.4. The van der Waals surface area contributed by atoms with E-state index in [1.54, 1.807) is 12.1 Å². The van der Waals surface area contributed by atoms with Crippen molar-refractivity contribution in [2.45, 2.75) is 56.6 Å². The summed E-state index contributed by atoms with van der Waals surface area (Å²) >= 11 is 3.72. The highest BCUT2D eigenvalue weighted by Gasteiger charge is 2.55. The quantitative estimate of drug-likeness (QED) is 0.391. The van der Waals surface area contributed by atoms with Gasteiger partial charge in [-0.05, 0) is 82.4 Å². The summed E-state index contributed by atoms with van der Waals surface area (Å²) in [4.78, 5) is 18.9. The fourth-order valence-electron chi connectivity index (χ4n) is 6.73. The number of benzene rings is 3. The number of carbonyl (C=O) groups is 1. The van der Waals surface area contributed by atoms with Crippen LogP contribution >= 0.6 is 15.9 Å². The first-order valence-corrected chi connectivity index (χ1v) is 13.6. The summed E-state index contributed by atoms with van der Waals surface area (Å²) in [6.45, 7) is 1.11. The molecule has 1 unspecified atom stereocenters. The van der Waals surface area contributed by atoms with Gasteiger partial charge in [0.05, 0.1) is 16.1 Å². The van der Waals surface area contributed by atoms with E-state index in [0.717, 1.165) is 36.8 Å². The average molecular weight is 548 g/mol. The maximum absolute atomic E-state index is 12.9. The maximum Gasteiger partial charge on any atom is 0.357 e. The molecule has 5 nitrogen and oxygen atoms in total. The fraction of sp³-hybridized carbons (Fsp3) is 0.367.